The number of carbonyl (C=O) groups is 3. The van der Waals surface area contributed by atoms with Gasteiger partial charge in [-0.1, -0.05) is 60.4 Å². The molecule has 5 rings (SSSR count). The SMILES string of the molecule is Cc1c(N2C(=O)/C(=C3\C(=O)N(CC(N)=O)c4ccccc43)SC2=S)c(=O)n(-c2ccccc2)n1C. The lowest BCUT2D eigenvalue weighted by Gasteiger charge is -2.14. The van der Waals surface area contributed by atoms with E-state index in [1.807, 2.05) is 18.2 Å². The summed E-state index contributed by atoms with van der Waals surface area (Å²) in [5, 5.41) is 0. The lowest BCUT2D eigenvalue weighted by molar-refractivity contribution is -0.119. The Bertz CT molecular complexity index is 1540. The van der Waals surface area contributed by atoms with Crippen molar-refractivity contribution >= 4 is 63.0 Å². The van der Waals surface area contributed by atoms with Gasteiger partial charge in [0.25, 0.3) is 17.4 Å². The van der Waals surface area contributed by atoms with Crippen LogP contribution in [0.25, 0.3) is 11.3 Å². The van der Waals surface area contributed by atoms with Crippen LogP contribution in [0.4, 0.5) is 11.4 Å². The van der Waals surface area contributed by atoms with Gasteiger partial charge in [-0.3, -0.25) is 33.7 Å². The number of nitrogens with two attached hydrogens (primary N) is 1. The first-order chi connectivity index (χ1) is 16.7. The van der Waals surface area contributed by atoms with Crippen molar-refractivity contribution < 1.29 is 14.4 Å². The van der Waals surface area contributed by atoms with E-state index in [4.69, 9.17) is 18.0 Å². The highest BCUT2D eigenvalue weighted by Gasteiger charge is 2.44. The molecular formula is C24H19N5O4S2. The number of benzene rings is 2. The van der Waals surface area contributed by atoms with Gasteiger partial charge in [-0.25, -0.2) is 4.68 Å². The Kier molecular flexibility index (Phi) is 5.45. The van der Waals surface area contributed by atoms with Crippen LogP contribution in [0.3, 0.4) is 0 Å². The van der Waals surface area contributed by atoms with Crippen LogP contribution < -0.4 is 21.1 Å². The van der Waals surface area contributed by atoms with Crippen LogP contribution in [-0.4, -0.2) is 38.0 Å². The second-order valence-corrected chi connectivity index (χ2v) is 9.64. The predicted octanol–water partition coefficient (Wildman–Crippen LogP) is 2.09. The van der Waals surface area contributed by atoms with Crippen molar-refractivity contribution in [3.63, 3.8) is 0 Å². The molecule has 0 unspecified atom stereocenters. The molecule has 176 valence electrons. The minimum atomic E-state index is -0.677. The standard InChI is InChI=1S/C24H19N5O4S2/c1-13-19(22(32)29(26(13)2)14-8-4-3-5-9-14)28-23(33)20(35-24(28)34)18-15-10-6-7-11-16(15)27(21(18)31)12-17(25)30/h3-11H,12H2,1-2H3,(H2,25,30)/b20-18+. The molecule has 1 saturated heterocycles. The van der Waals surface area contributed by atoms with Gasteiger partial charge >= 0.3 is 0 Å². The first-order valence-electron chi connectivity index (χ1n) is 10.6. The Morgan fingerprint density at radius 2 is 1.66 bits per heavy atom. The molecule has 0 saturated carbocycles. The number of amides is 3. The molecule has 1 aromatic heterocycles. The van der Waals surface area contributed by atoms with E-state index in [1.54, 1.807) is 55.1 Å². The molecule has 1 fully saturated rings. The van der Waals surface area contributed by atoms with Gasteiger partial charge in [0.1, 0.15) is 12.2 Å². The fraction of sp³-hybridized carbons (Fsp3) is 0.125. The molecule has 0 aliphatic carbocycles. The molecule has 11 heteroatoms. The van der Waals surface area contributed by atoms with Crippen LogP contribution in [0, 0.1) is 6.92 Å². The van der Waals surface area contributed by atoms with Crippen molar-refractivity contribution in [1.82, 2.24) is 9.36 Å². The number of carbonyl (C=O) groups excluding carboxylic acids is 3. The molecule has 0 radical (unpaired) electrons. The minimum Gasteiger partial charge on any atom is -0.368 e. The highest BCUT2D eigenvalue weighted by atomic mass is 32.2. The monoisotopic (exact) mass is 505 g/mol. The van der Waals surface area contributed by atoms with Crippen LogP contribution in [-0.2, 0) is 21.4 Å². The molecule has 2 aliphatic heterocycles. The molecule has 2 N–H and O–H groups in total. The molecule has 3 heterocycles. The van der Waals surface area contributed by atoms with Gasteiger partial charge in [-0.05, 0) is 25.1 Å². The molecule has 3 amide bonds. The fourth-order valence-electron chi connectivity index (χ4n) is 4.34. The van der Waals surface area contributed by atoms with E-state index in [0.717, 1.165) is 11.8 Å². The molecule has 2 aliphatic rings. The quantitative estimate of drug-likeness (QED) is 0.430. The van der Waals surface area contributed by atoms with Crippen molar-refractivity contribution in [1.29, 1.82) is 0 Å². The van der Waals surface area contributed by atoms with E-state index < -0.39 is 23.3 Å². The topological polar surface area (TPSA) is 111 Å². The maximum absolute atomic E-state index is 13.7. The average Bonchev–Trinajstić information content (AvgIpc) is 3.35. The average molecular weight is 506 g/mol. The number of rotatable bonds is 4. The molecule has 9 nitrogen and oxygen atoms in total. The number of anilines is 2. The number of para-hydroxylation sites is 2. The van der Waals surface area contributed by atoms with Crippen LogP contribution in [0.2, 0.25) is 0 Å². The summed E-state index contributed by atoms with van der Waals surface area (Å²) in [6.45, 7) is 1.41. The predicted molar refractivity (Wildman–Crippen MR) is 138 cm³/mol. The lowest BCUT2D eigenvalue weighted by atomic mass is 10.1. The molecular weight excluding hydrogens is 486 g/mol. The maximum Gasteiger partial charge on any atom is 0.296 e. The van der Waals surface area contributed by atoms with Crippen LogP contribution >= 0.6 is 24.0 Å². The highest BCUT2D eigenvalue weighted by Crippen LogP contribution is 2.45. The number of fused-ring (bicyclic) bond motifs is 1. The number of primary amides is 1. The minimum absolute atomic E-state index is 0.105. The molecule has 0 bridgehead atoms. The summed E-state index contributed by atoms with van der Waals surface area (Å²) >= 11 is 6.47. The summed E-state index contributed by atoms with van der Waals surface area (Å²) in [6, 6.07) is 15.9. The lowest BCUT2D eigenvalue weighted by Crippen LogP contribution is -2.36. The Morgan fingerprint density at radius 1 is 1.00 bits per heavy atom. The third-order valence-corrected chi connectivity index (χ3v) is 7.35. The third kappa shape index (κ3) is 3.43. The van der Waals surface area contributed by atoms with E-state index >= 15 is 0 Å². The number of nitrogens with zero attached hydrogens (tertiary/aromatic N) is 4. The first-order valence-corrected chi connectivity index (χ1v) is 11.8. The summed E-state index contributed by atoms with van der Waals surface area (Å²) in [5.41, 5.74) is 7.37. The zero-order chi connectivity index (χ0) is 25.0. The van der Waals surface area contributed by atoms with E-state index in [9.17, 15) is 19.2 Å². The number of aromatic nitrogens is 2. The summed E-state index contributed by atoms with van der Waals surface area (Å²) < 4.78 is 3.26. The van der Waals surface area contributed by atoms with Crippen LogP contribution in [0.15, 0.2) is 64.3 Å². The van der Waals surface area contributed by atoms with Crippen LogP contribution in [0.5, 0.6) is 0 Å². The Hall–Kier alpha value is -3.96. The van der Waals surface area contributed by atoms with E-state index in [2.05, 4.69) is 0 Å². The van der Waals surface area contributed by atoms with Gasteiger partial charge in [-0.2, -0.15) is 0 Å². The Balaban J connectivity index is 1.65. The van der Waals surface area contributed by atoms with Gasteiger partial charge in [0, 0.05) is 12.6 Å². The molecule has 0 spiro atoms. The van der Waals surface area contributed by atoms with Gasteiger partial charge in [-0.15, -0.1) is 0 Å². The highest BCUT2D eigenvalue weighted by molar-refractivity contribution is 8.27. The fourth-order valence-corrected chi connectivity index (χ4v) is 5.68. The van der Waals surface area contributed by atoms with Crippen molar-refractivity contribution in [2.24, 2.45) is 12.8 Å². The van der Waals surface area contributed by atoms with Gasteiger partial charge in [0.05, 0.1) is 27.5 Å². The second kappa shape index (κ2) is 8.36. The number of thioether (sulfide) groups is 1. The second-order valence-electron chi connectivity index (χ2n) is 8.00. The molecule has 0 atom stereocenters. The van der Waals surface area contributed by atoms with E-state index in [-0.39, 0.29) is 27.0 Å². The van der Waals surface area contributed by atoms with Gasteiger partial charge in [0.2, 0.25) is 5.91 Å². The molecule has 2 aromatic carbocycles. The third-order valence-electron chi connectivity index (χ3n) is 5.98. The number of hydrogen-bond donors (Lipinski definition) is 1. The Labute approximate surface area is 209 Å². The van der Waals surface area contributed by atoms with E-state index in [1.165, 1.54) is 14.5 Å². The largest absolute Gasteiger partial charge is 0.368 e. The summed E-state index contributed by atoms with van der Waals surface area (Å²) in [7, 11) is 1.72. The Morgan fingerprint density at radius 3 is 2.34 bits per heavy atom. The van der Waals surface area contributed by atoms with Crippen molar-refractivity contribution in [2.75, 3.05) is 16.3 Å². The zero-order valence-electron chi connectivity index (χ0n) is 18.7. The molecule has 35 heavy (non-hydrogen) atoms. The van der Waals surface area contributed by atoms with Crippen LogP contribution in [0.1, 0.15) is 11.3 Å². The van der Waals surface area contributed by atoms with Crippen molar-refractivity contribution in [2.45, 2.75) is 6.92 Å². The molecule has 3 aromatic rings. The normalized spacial score (nSPS) is 17.5. The first kappa shape index (κ1) is 22.8. The summed E-state index contributed by atoms with van der Waals surface area (Å²) in [6.07, 6.45) is 0. The smallest absolute Gasteiger partial charge is 0.296 e. The van der Waals surface area contributed by atoms with Crippen molar-refractivity contribution in [3.8, 4) is 5.69 Å². The maximum atomic E-state index is 13.7. The van der Waals surface area contributed by atoms with Crippen molar-refractivity contribution in [3.05, 3.63) is 81.1 Å². The van der Waals surface area contributed by atoms with E-state index in [0.29, 0.717) is 22.6 Å². The summed E-state index contributed by atoms with van der Waals surface area (Å²) in [5.74, 6) is -1.76. The summed E-state index contributed by atoms with van der Waals surface area (Å²) in [4.78, 5) is 54.6. The zero-order valence-corrected chi connectivity index (χ0v) is 20.4. The van der Waals surface area contributed by atoms with Gasteiger partial charge < -0.3 is 5.73 Å². The van der Waals surface area contributed by atoms with Gasteiger partial charge in [0.15, 0.2) is 4.32 Å². The number of hydrogen-bond acceptors (Lipinski definition) is 6. The number of thiocarbonyl (C=S) groups is 1.